The lowest BCUT2D eigenvalue weighted by atomic mass is 10.1. The van der Waals surface area contributed by atoms with Crippen LogP contribution in [0.5, 0.6) is 5.88 Å². The van der Waals surface area contributed by atoms with Crippen LogP contribution in [0.1, 0.15) is 16.8 Å². The molecule has 2 aromatic heterocycles. The molecule has 24 heavy (non-hydrogen) atoms. The lowest BCUT2D eigenvalue weighted by Crippen LogP contribution is -2.01. The Bertz CT molecular complexity index is 826. The first-order valence-electron chi connectivity index (χ1n) is 7.13. The summed E-state index contributed by atoms with van der Waals surface area (Å²) in [5.41, 5.74) is 1.30. The molecular formula is C17H13F2N3OS. The van der Waals surface area contributed by atoms with Crippen molar-refractivity contribution in [2.75, 3.05) is 0 Å². The molecule has 1 N–H and O–H groups in total. The van der Waals surface area contributed by atoms with Crippen LogP contribution in [0.15, 0.2) is 53.9 Å². The number of benzene rings is 1. The quantitative estimate of drug-likeness (QED) is 0.564. The Kier molecular flexibility index (Phi) is 5.00. The molecule has 0 saturated heterocycles. The van der Waals surface area contributed by atoms with Crippen LogP contribution < -0.4 is 0 Å². The maximum Gasteiger partial charge on any atom is 0.215 e. The first-order valence-corrected chi connectivity index (χ1v) is 8.12. The van der Waals surface area contributed by atoms with E-state index in [0.29, 0.717) is 16.6 Å². The fraction of sp³-hybridized carbons (Fsp3) is 0.118. The summed E-state index contributed by atoms with van der Waals surface area (Å²) in [5.74, 6) is -0.911. The summed E-state index contributed by atoms with van der Waals surface area (Å²) in [6.45, 7) is 0. The van der Waals surface area contributed by atoms with Crippen LogP contribution in [0.25, 0.3) is 0 Å². The Morgan fingerprint density at radius 2 is 1.71 bits per heavy atom. The van der Waals surface area contributed by atoms with Crippen LogP contribution in [-0.4, -0.2) is 20.1 Å². The largest absolute Gasteiger partial charge is 0.493 e. The third-order valence-electron chi connectivity index (χ3n) is 3.28. The average Bonchev–Trinajstić information content (AvgIpc) is 2.57. The summed E-state index contributed by atoms with van der Waals surface area (Å²) in [6.07, 6.45) is 3.31. The molecule has 1 aromatic carbocycles. The second-order valence-electron chi connectivity index (χ2n) is 5.02. The zero-order valence-corrected chi connectivity index (χ0v) is 13.3. The highest BCUT2D eigenvalue weighted by Gasteiger charge is 2.12. The SMILES string of the molecule is Oc1cc(Cc2c(F)cccc2F)nc(SCc2ccncc2)n1. The fourth-order valence-corrected chi connectivity index (χ4v) is 2.95. The maximum atomic E-state index is 13.7. The second-order valence-corrected chi connectivity index (χ2v) is 5.96. The minimum atomic E-state index is -0.640. The summed E-state index contributed by atoms with van der Waals surface area (Å²) >= 11 is 1.32. The van der Waals surface area contributed by atoms with Crippen LogP contribution in [0.3, 0.4) is 0 Å². The molecule has 4 nitrogen and oxygen atoms in total. The minimum Gasteiger partial charge on any atom is -0.493 e. The van der Waals surface area contributed by atoms with E-state index in [1.54, 1.807) is 12.4 Å². The van der Waals surface area contributed by atoms with E-state index in [1.807, 2.05) is 12.1 Å². The van der Waals surface area contributed by atoms with E-state index < -0.39 is 11.6 Å². The van der Waals surface area contributed by atoms with Gasteiger partial charge in [0, 0.05) is 36.2 Å². The smallest absolute Gasteiger partial charge is 0.215 e. The van der Waals surface area contributed by atoms with Crippen LogP contribution >= 0.6 is 11.8 Å². The van der Waals surface area contributed by atoms with Gasteiger partial charge in [-0.25, -0.2) is 13.8 Å². The van der Waals surface area contributed by atoms with Gasteiger partial charge in [-0.15, -0.1) is 0 Å². The van der Waals surface area contributed by atoms with E-state index >= 15 is 0 Å². The highest BCUT2D eigenvalue weighted by molar-refractivity contribution is 7.98. The first kappa shape index (κ1) is 16.3. The van der Waals surface area contributed by atoms with Crippen LogP contribution in [0.4, 0.5) is 8.78 Å². The van der Waals surface area contributed by atoms with Crippen molar-refractivity contribution in [1.82, 2.24) is 15.0 Å². The number of halogens is 2. The van der Waals surface area contributed by atoms with Crippen LogP contribution in [0, 0.1) is 11.6 Å². The molecule has 0 aliphatic heterocycles. The summed E-state index contributed by atoms with van der Waals surface area (Å²) < 4.78 is 27.5. The molecular weight excluding hydrogens is 332 g/mol. The summed E-state index contributed by atoms with van der Waals surface area (Å²) in [6, 6.07) is 8.73. The first-order chi connectivity index (χ1) is 11.6. The Labute approximate surface area is 141 Å². The standard InChI is InChI=1S/C17H13F2N3OS/c18-14-2-1-3-15(19)13(14)8-12-9-16(23)22-17(21-12)24-10-11-4-6-20-7-5-11/h1-7,9H,8,10H2,(H,21,22,23). The van der Waals surface area contributed by atoms with E-state index in [1.165, 1.54) is 36.0 Å². The van der Waals surface area contributed by atoms with Crippen molar-refractivity contribution in [3.63, 3.8) is 0 Å². The molecule has 0 radical (unpaired) electrons. The Balaban J connectivity index is 1.79. The molecule has 0 bridgehead atoms. The molecule has 0 fully saturated rings. The number of thioether (sulfide) groups is 1. The van der Waals surface area contributed by atoms with Gasteiger partial charge < -0.3 is 5.11 Å². The van der Waals surface area contributed by atoms with Gasteiger partial charge in [0.15, 0.2) is 5.16 Å². The summed E-state index contributed by atoms with van der Waals surface area (Å²) in [7, 11) is 0. The number of pyridine rings is 1. The number of aromatic hydroxyl groups is 1. The van der Waals surface area contributed by atoms with Crippen molar-refractivity contribution >= 4 is 11.8 Å². The number of hydrogen-bond acceptors (Lipinski definition) is 5. The molecule has 7 heteroatoms. The highest BCUT2D eigenvalue weighted by Crippen LogP contribution is 2.23. The lowest BCUT2D eigenvalue weighted by Gasteiger charge is -2.07. The molecule has 0 amide bonds. The zero-order chi connectivity index (χ0) is 16.9. The molecule has 0 saturated carbocycles. The highest BCUT2D eigenvalue weighted by atomic mass is 32.2. The van der Waals surface area contributed by atoms with Gasteiger partial charge in [-0.3, -0.25) is 4.98 Å². The molecule has 0 spiro atoms. The molecule has 0 atom stereocenters. The third-order valence-corrected chi connectivity index (χ3v) is 4.20. The van der Waals surface area contributed by atoms with Gasteiger partial charge in [0.25, 0.3) is 0 Å². The number of nitrogens with zero attached hydrogens (tertiary/aromatic N) is 3. The van der Waals surface area contributed by atoms with E-state index in [2.05, 4.69) is 15.0 Å². The van der Waals surface area contributed by atoms with E-state index in [0.717, 1.165) is 5.56 Å². The Hall–Kier alpha value is -2.54. The van der Waals surface area contributed by atoms with E-state index in [9.17, 15) is 13.9 Å². The van der Waals surface area contributed by atoms with Crippen LogP contribution in [0.2, 0.25) is 0 Å². The number of rotatable bonds is 5. The molecule has 0 aliphatic rings. The minimum absolute atomic E-state index is 0.0581. The van der Waals surface area contributed by atoms with Crippen LogP contribution in [-0.2, 0) is 12.2 Å². The summed E-state index contributed by atoms with van der Waals surface area (Å²) in [5, 5.41) is 10.1. The van der Waals surface area contributed by atoms with Gasteiger partial charge >= 0.3 is 0 Å². The van der Waals surface area contributed by atoms with Crippen molar-refractivity contribution in [2.45, 2.75) is 17.3 Å². The van der Waals surface area contributed by atoms with Crippen molar-refractivity contribution in [1.29, 1.82) is 0 Å². The molecule has 0 aliphatic carbocycles. The zero-order valence-electron chi connectivity index (χ0n) is 12.5. The number of hydrogen-bond donors (Lipinski definition) is 1. The van der Waals surface area contributed by atoms with Crippen molar-refractivity contribution in [2.24, 2.45) is 0 Å². The molecule has 122 valence electrons. The Morgan fingerprint density at radius 3 is 2.42 bits per heavy atom. The average molecular weight is 345 g/mol. The topological polar surface area (TPSA) is 58.9 Å². The number of aromatic nitrogens is 3. The lowest BCUT2D eigenvalue weighted by molar-refractivity contribution is 0.443. The predicted octanol–water partition coefficient (Wildman–Crippen LogP) is 3.74. The van der Waals surface area contributed by atoms with Gasteiger partial charge in [0.1, 0.15) is 11.6 Å². The van der Waals surface area contributed by atoms with Gasteiger partial charge in [0.05, 0.1) is 5.69 Å². The van der Waals surface area contributed by atoms with Crippen molar-refractivity contribution in [3.8, 4) is 5.88 Å². The van der Waals surface area contributed by atoms with Crippen molar-refractivity contribution in [3.05, 3.63) is 77.2 Å². The van der Waals surface area contributed by atoms with E-state index in [-0.39, 0.29) is 17.9 Å². The van der Waals surface area contributed by atoms with Gasteiger partial charge in [-0.05, 0) is 29.8 Å². The second kappa shape index (κ2) is 7.35. The molecule has 3 aromatic rings. The Morgan fingerprint density at radius 1 is 1.00 bits per heavy atom. The maximum absolute atomic E-state index is 13.7. The van der Waals surface area contributed by atoms with Crippen molar-refractivity contribution < 1.29 is 13.9 Å². The summed E-state index contributed by atoms with van der Waals surface area (Å²) in [4.78, 5) is 12.1. The normalized spacial score (nSPS) is 10.8. The van der Waals surface area contributed by atoms with Gasteiger partial charge in [-0.1, -0.05) is 17.8 Å². The molecule has 3 rings (SSSR count). The monoisotopic (exact) mass is 345 g/mol. The third kappa shape index (κ3) is 4.05. The van der Waals surface area contributed by atoms with Gasteiger partial charge in [-0.2, -0.15) is 4.98 Å². The molecule has 0 unspecified atom stereocenters. The molecule has 2 heterocycles. The van der Waals surface area contributed by atoms with E-state index in [4.69, 9.17) is 0 Å². The van der Waals surface area contributed by atoms with Gasteiger partial charge in [0.2, 0.25) is 5.88 Å². The predicted molar refractivity (Wildman–Crippen MR) is 86.7 cm³/mol. The fourth-order valence-electron chi connectivity index (χ4n) is 2.12.